The molecule has 0 atom stereocenters. The fourth-order valence-electron chi connectivity index (χ4n) is 4.94. The Labute approximate surface area is 230 Å². The van der Waals surface area contributed by atoms with E-state index in [0.29, 0.717) is 24.7 Å². The third kappa shape index (κ3) is 6.04. The van der Waals surface area contributed by atoms with Gasteiger partial charge in [0.15, 0.2) is 0 Å². The van der Waals surface area contributed by atoms with Gasteiger partial charge in [0.2, 0.25) is 0 Å². The summed E-state index contributed by atoms with van der Waals surface area (Å²) in [6.07, 6.45) is 1.97. The third-order valence-corrected chi connectivity index (χ3v) is 7.06. The summed E-state index contributed by atoms with van der Waals surface area (Å²) < 4.78 is 28.8. The second-order valence-corrected chi connectivity index (χ2v) is 9.61. The van der Waals surface area contributed by atoms with Gasteiger partial charge in [0.05, 0.1) is 44.5 Å². The highest BCUT2D eigenvalue weighted by atomic mass is 16.5. The molecule has 0 saturated heterocycles. The number of pyridine rings is 1. The number of nitrogens with zero attached hydrogens (tertiary/aromatic N) is 2. The van der Waals surface area contributed by atoms with E-state index in [1.165, 1.54) is 11.1 Å². The molecule has 1 aliphatic rings. The van der Waals surface area contributed by atoms with Gasteiger partial charge >= 0.3 is 0 Å². The van der Waals surface area contributed by atoms with Crippen molar-refractivity contribution in [2.75, 3.05) is 47.6 Å². The summed E-state index contributed by atoms with van der Waals surface area (Å²) in [5.74, 6) is 3.86. The van der Waals surface area contributed by atoms with Crippen LogP contribution in [0.25, 0.3) is 22.2 Å². The van der Waals surface area contributed by atoms with E-state index in [1.807, 2.05) is 48.5 Å². The monoisotopic (exact) mass is 528 g/mol. The van der Waals surface area contributed by atoms with E-state index in [-0.39, 0.29) is 0 Å². The molecule has 0 amide bonds. The third-order valence-electron chi connectivity index (χ3n) is 7.06. The summed E-state index contributed by atoms with van der Waals surface area (Å²) in [6, 6.07) is 20.2. The van der Waals surface area contributed by atoms with Gasteiger partial charge in [-0.1, -0.05) is 13.0 Å². The summed E-state index contributed by atoms with van der Waals surface area (Å²) in [7, 11) is 5.01. The first kappa shape index (κ1) is 26.6. The Morgan fingerprint density at radius 2 is 1.54 bits per heavy atom. The first-order valence-electron chi connectivity index (χ1n) is 13.4. The maximum atomic E-state index is 6.45. The van der Waals surface area contributed by atoms with Crippen molar-refractivity contribution in [2.24, 2.45) is 0 Å². The topological polar surface area (TPSA) is 62.3 Å². The molecule has 0 fully saturated rings. The molecule has 7 nitrogen and oxygen atoms in total. The molecular formula is C32H36N2O5. The van der Waals surface area contributed by atoms with Gasteiger partial charge in [-0.25, -0.2) is 4.98 Å². The lowest BCUT2D eigenvalue weighted by Crippen LogP contribution is -2.33. The Bertz CT molecular complexity index is 1420. The minimum absolute atomic E-state index is 0.545. The predicted octanol–water partition coefficient (Wildman–Crippen LogP) is 6.15. The van der Waals surface area contributed by atoms with Crippen LogP contribution in [-0.2, 0) is 13.0 Å². The minimum Gasteiger partial charge on any atom is -0.497 e. The van der Waals surface area contributed by atoms with Crippen molar-refractivity contribution in [3.63, 3.8) is 0 Å². The second kappa shape index (κ2) is 12.3. The van der Waals surface area contributed by atoms with Gasteiger partial charge in [0.25, 0.3) is 0 Å². The van der Waals surface area contributed by atoms with E-state index in [2.05, 4.69) is 24.0 Å². The van der Waals surface area contributed by atoms with Crippen molar-refractivity contribution in [1.29, 1.82) is 0 Å². The zero-order valence-corrected chi connectivity index (χ0v) is 23.2. The van der Waals surface area contributed by atoms with Crippen molar-refractivity contribution >= 4 is 10.9 Å². The zero-order chi connectivity index (χ0) is 27.2. The van der Waals surface area contributed by atoms with Crippen LogP contribution in [0, 0.1) is 0 Å². The average Bonchev–Trinajstić information content (AvgIpc) is 2.99. The van der Waals surface area contributed by atoms with E-state index >= 15 is 0 Å². The highest BCUT2D eigenvalue weighted by Gasteiger charge is 2.19. The molecule has 5 rings (SSSR count). The summed E-state index contributed by atoms with van der Waals surface area (Å²) >= 11 is 0. The van der Waals surface area contributed by atoms with E-state index in [9.17, 15) is 0 Å². The maximum absolute atomic E-state index is 6.45. The molecule has 0 saturated carbocycles. The van der Waals surface area contributed by atoms with Gasteiger partial charge in [0, 0.05) is 43.4 Å². The molecule has 0 unspecified atom stereocenters. The standard InChI is InChI=1S/C32H36N2O5/c1-5-15-38-25-9-6-22(7-10-25)28-20-31(32-29(33-28)18-27(36-3)19-30(32)37-4)39-16-14-34-13-12-23-17-26(35-2)11-8-24(23)21-34/h6-11,17-20H,5,12-16,21H2,1-4H3. The molecule has 0 aliphatic carbocycles. The number of aromatic nitrogens is 1. The van der Waals surface area contributed by atoms with Gasteiger partial charge in [-0.05, 0) is 60.4 Å². The van der Waals surface area contributed by atoms with Crippen molar-refractivity contribution in [2.45, 2.75) is 26.3 Å². The Kier molecular flexibility index (Phi) is 8.37. The number of rotatable bonds is 11. The zero-order valence-electron chi connectivity index (χ0n) is 23.2. The number of benzene rings is 3. The molecule has 0 radical (unpaired) electrons. The highest BCUT2D eigenvalue weighted by Crippen LogP contribution is 2.39. The number of ether oxygens (including phenoxy) is 5. The molecule has 7 heteroatoms. The van der Waals surface area contributed by atoms with Gasteiger partial charge in [0.1, 0.15) is 35.4 Å². The molecule has 1 aromatic heterocycles. The van der Waals surface area contributed by atoms with Crippen molar-refractivity contribution in [1.82, 2.24) is 9.88 Å². The van der Waals surface area contributed by atoms with Gasteiger partial charge in [-0.15, -0.1) is 0 Å². The van der Waals surface area contributed by atoms with Crippen molar-refractivity contribution in [3.8, 4) is 40.0 Å². The molecule has 39 heavy (non-hydrogen) atoms. The normalized spacial score (nSPS) is 13.1. The summed E-state index contributed by atoms with van der Waals surface area (Å²) in [5.41, 5.74) is 5.26. The number of methoxy groups -OCH3 is 3. The molecule has 2 heterocycles. The van der Waals surface area contributed by atoms with E-state index in [4.69, 9.17) is 28.7 Å². The molecule has 3 aromatic carbocycles. The molecular weight excluding hydrogens is 492 g/mol. The van der Waals surface area contributed by atoms with Crippen LogP contribution >= 0.6 is 0 Å². The largest absolute Gasteiger partial charge is 0.497 e. The highest BCUT2D eigenvalue weighted by molar-refractivity contribution is 5.94. The van der Waals surface area contributed by atoms with Gasteiger partial charge in [-0.3, -0.25) is 4.90 Å². The molecule has 204 valence electrons. The summed E-state index contributed by atoms with van der Waals surface area (Å²) in [4.78, 5) is 7.38. The lowest BCUT2D eigenvalue weighted by Gasteiger charge is -2.29. The molecule has 0 bridgehead atoms. The fourth-order valence-corrected chi connectivity index (χ4v) is 4.94. The van der Waals surface area contributed by atoms with Crippen LogP contribution in [-0.4, -0.2) is 57.5 Å². The summed E-state index contributed by atoms with van der Waals surface area (Å²) in [5, 5.41) is 0.834. The van der Waals surface area contributed by atoms with Crippen LogP contribution in [0.3, 0.4) is 0 Å². The number of hydrogen-bond donors (Lipinski definition) is 0. The van der Waals surface area contributed by atoms with Crippen LogP contribution < -0.4 is 23.7 Å². The first-order chi connectivity index (χ1) is 19.1. The van der Waals surface area contributed by atoms with Crippen molar-refractivity contribution in [3.05, 3.63) is 71.8 Å². The fraction of sp³-hybridized carbons (Fsp3) is 0.344. The molecule has 4 aromatic rings. The molecule has 0 spiro atoms. The van der Waals surface area contributed by atoms with E-state index in [0.717, 1.165) is 71.9 Å². The van der Waals surface area contributed by atoms with Gasteiger partial charge < -0.3 is 23.7 Å². The minimum atomic E-state index is 0.545. The van der Waals surface area contributed by atoms with Crippen LogP contribution in [0.1, 0.15) is 24.5 Å². The number of hydrogen-bond acceptors (Lipinski definition) is 7. The maximum Gasteiger partial charge on any atom is 0.135 e. The Balaban J connectivity index is 1.39. The second-order valence-electron chi connectivity index (χ2n) is 9.61. The SMILES string of the molecule is CCCOc1ccc(-c2cc(OCCN3CCc4cc(OC)ccc4C3)c3c(OC)cc(OC)cc3n2)cc1. The van der Waals surface area contributed by atoms with Crippen LogP contribution in [0.15, 0.2) is 60.7 Å². The lowest BCUT2D eigenvalue weighted by atomic mass is 9.99. The molecule has 0 N–H and O–H groups in total. The molecule has 1 aliphatic heterocycles. The Hall–Kier alpha value is -3.97. The van der Waals surface area contributed by atoms with E-state index < -0.39 is 0 Å². The first-order valence-corrected chi connectivity index (χ1v) is 13.4. The number of fused-ring (bicyclic) bond motifs is 2. The van der Waals surface area contributed by atoms with Gasteiger partial charge in [-0.2, -0.15) is 0 Å². The van der Waals surface area contributed by atoms with Crippen LogP contribution in [0.2, 0.25) is 0 Å². The van der Waals surface area contributed by atoms with E-state index in [1.54, 1.807) is 21.3 Å². The summed E-state index contributed by atoms with van der Waals surface area (Å²) in [6.45, 7) is 6.04. The van der Waals surface area contributed by atoms with Crippen LogP contribution in [0.5, 0.6) is 28.7 Å². The van der Waals surface area contributed by atoms with Crippen molar-refractivity contribution < 1.29 is 23.7 Å². The Morgan fingerprint density at radius 1 is 0.744 bits per heavy atom. The predicted molar refractivity (Wildman–Crippen MR) is 154 cm³/mol. The average molecular weight is 529 g/mol. The smallest absolute Gasteiger partial charge is 0.135 e. The van der Waals surface area contributed by atoms with Crippen LogP contribution in [0.4, 0.5) is 0 Å². The Morgan fingerprint density at radius 3 is 2.28 bits per heavy atom. The lowest BCUT2D eigenvalue weighted by molar-refractivity contribution is 0.197. The quantitative estimate of drug-likeness (QED) is 0.231.